The summed E-state index contributed by atoms with van der Waals surface area (Å²) in [4.78, 5) is 2.35. The Kier molecular flexibility index (Phi) is 7.20. The van der Waals surface area contributed by atoms with Gasteiger partial charge < -0.3 is 18.3 Å². The van der Waals surface area contributed by atoms with Crippen molar-refractivity contribution in [3.63, 3.8) is 0 Å². The Morgan fingerprint density at radius 2 is 0.948 bits per heavy atom. The molecule has 4 nitrogen and oxygen atoms in total. The third kappa shape index (κ3) is 5.02. The van der Waals surface area contributed by atoms with Crippen molar-refractivity contribution in [2.45, 2.75) is 0 Å². The first-order valence-electron chi connectivity index (χ1n) is 19.7. The number of hydrogen-bond donors (Lipinski definition) is 0. The smallest absolute Gasteiger partial charge is 0.159 e. The zero-order valence-corrected chi connectivity index (χ0v) is 31.3. The lowest BCUT2D eigenvalue weighted by molar-refractivity contribution is 0.666. The molecule has 0 unspecified atom stereocenters. The largest absolute Gasteiger partial charge is 0.456 e. The monoisotopic (exact) mass is 742 g/mol. The van der Waals surface area contributed by atoms with Crippen LogP contribution in [0.5, 0.6) is 0 Å². The summed E-state index contributed by atoms with van der Waals surface area (Å²) in [5, 5.41) is 6.71. The summed E-state index contributed by atoms with van der Waals surface area (Å²) < 4.78 is 15.5. The van der Waals surface area contributed by atoms with E-state index in [-0.39, 0.29) is 0 Å². The van der Waals surface area contributed by atoms with Gasteiger partial charge >= 0.3 is 0 Å². The van der Waals surface area contributed by atoms with Crippen LogP contribution in [0.2, 0.25) is 0 Å². The molecule has 0 amide bonds. The predicted molar refractivity (Wildman–Crippen MR) is 241 cm³/mol. The van der Waals surface area contributed by atoms with Crippen LogP contribution in [-0.4, -0.2) is 4.57 Å². The average molecular weight is 743 g/mol. The highest BCUT2D eigenvalue weighted by atomic mass is 16.3. The van der Waals surface area contributed by atoms with Crippen molar-refractivity contribution >= 4 is 82.7 Å². The zero-order chi connectivity index (χ0) is 38.2. The van der Waals surface area contributed by atoms with Gasteiger partial charge in [0.1, 0.15) is 16.7 Å². The fourth-order valence-electron chi connectivity index (χ4n) is 8.94. The molecule has 0 aliphatic rings. The minimum atomic E-state index is 0.858. The third-order valence-corrected chi connectivity index (χ3v) is 11.6. The number of benzene rings is 9. The number of aromatic nitrogens is 1. The summed E-state index contributed by atoms with van der Waals surface area (Å²) in [5.74, 6) is 0. The maximum atomic E-state index is 6.79. The molecule has 12 rings (SSSR count). The van der Waals surface area contributed by atoms with E-state index in [9.17, 15) is 0 Å². The van der Waals surface area contributed by atoms with Gasteiger partial charge in [0.25, 0.3) is 0 Å². The fraction of sp³-hybridized carbons (Fsp3) is 0. The first-order valence-corrected chi connectivity index (χ1v) is 19.7. The molecule has 0 atom stereocenters. The van der Waals surface area contributed by atoms with Crippen LogP contribution in [0.15, 0.2) is 215 Å². The summed E-state index contributed by atoms with van der Waals surface area (Å²) in [6, 6.07) is 73.3. The average Bonchev–Trinajstić information content (AvgIpc) is 3.96. The Balaban J connectivity index is 1.20. The molecule has 4 heteroatoms. The molecule has 3 aromatic heterocycles. The van der Waals surface area contributed by atoms with E-state index in [1.807, 2.05) is 18.2 Å². The topological polar surface area (TPSA) is 34.5 Å². The van der Waals surface area contributed by atoms with Crippen molar-refractivity contribution < 1.29 is 8.83 Å². The van der Waals surface area contributed by atoms with E-state index in [0.717, 1.165) is 94.2 Å². The van der Waals surface area contributed by atoms with Crippen LogP contribution < -0.4 is 4.90 Å². The number of fused-ring (bicyclic) bond motifs is 9. The Morgan fingerprint density at radius 1 is 0.345 bits per heavy atom. The van der Waals surface area contributed by atoms with Gasteiger partial charge in [-0.05, 0) is 89.5 Å². The fourth-order valence-corrected chi connectivity index (χ4v) is 8.94. The molecule has 0 saturated heterocycles. The van der Waals surface area contributed by atoms with Crippen molar-refractivity contribution in [2.75, 3.05) is 4.90 Å². The number of hydrogen-bond acceptors (Lipinski definition) is 3. The van der Waals surface area contributed by atoms with Crippen molar-refractivity contribution in [1.82, 2.24) is 4.57 Å². The van der Waals surface area contributed by atoms with E-state index in [1.165, 1.54) is 16.5 Å². The van der Waals surface area contributed by atoms with Gasteiger partial charge in [-0.25, -0.2) is 0 Å². The molecule has 12 aromatic rings. The Labute approximate surface area is 334 Å². The lowest BCUT2D eigenvalue weighted by Crippen LogP contribution is -2.10. The van der Waals surface area contributed by atoms with Crippen LogP contribution in [0.4, 0.5) is 17.1 Å². The summed E-state index contributed by atoms with van der Waals surface area (Å²) >= 11 is 0. The number of furan rings is 2. The van der Waals surface area contributed by atoms with E-state index in [4.69, 9.17) is 8.83 Å². The molecule has 0 radical (unpaired) electrons. The van der Waals surface area contributed by atoms with Crippen molar-refractivity contribution in [3.8, 4) is 27.9 Å². The minimum absolute atomic E-state index is 0.858. The normalized spacial score (nSPS) is 11.8. The molecule has 58 heavy (non-hydrogen) atoms. The number of para-hydroxylation sites is 4. The lowest BCUT2D eigenvalue weighted by Gasteiger charge is -2.26. The Hall–Kier alpha value is -7.82. The van der Waals surface area contributed by atoms with Crippen LogP contribution in [0, 0.1) is 0 Å². The molecular formula is C54H34N2O2. The first-order chi connectivity index (χ1) is 28.8. The van der Waals surface area contributed by atoms with Crippen LogP contribution in [0.25, 0.3) is 93.6 Å². The molecule has 0 N–H and O–H groups in total. The summed E-state index contributed by atoms with van der Waals surface area (Å²) in [5.41, 5.74) is 14.5. The first kappa shape index (κ1) is 32.4. The molecule has 272 valence electrons. The molecule has 9 aromatic carbocycles. The highest BCUT2D eigenvalue weighted by molar-refractivity contribution is 6.18. The van der Waals surface area contributed by atoms with E-state index in [1.54, 1.807) is 0 Å². The Bertz CT molecular complexity index is 3500. The van der Waals surface area contributed by atoms with E-state index >= 15 is 0 Å². The van der Waals surface area contributed by atoms with Gasteiger partial charge in [0.05, 0.1) is 16.7 Å². The van der Waals surface area contributed by atoms with Gasteiger partial charge in [-0.1, -0.05) is 133 Å². The predicted octanol–water partition coefficient (Wildman–Crippen LogP) is 15.4. The second-order valence-corrected chi connectivity index (χ2v) is 14.9. The highest BCUT2D eigenvalue weighted by Gasteiger charge is 2.24. The standard InChI is InChI=1S/C54H34N2O2/c1-4-15-35(16-5-1)37-31-45(36-17-6-2-7-18-36)53-47(32-37)41-29-27-40(34-49(41)56(53)48-24-14-23-44-42-21-10-13-26-51(42)58-54(44)48)55(38-19-8-3-9-20-38)39-28-30-52-46(33-39)43-22-11-12-25-50(43)57-52/h1-34H. The molecule has 0 aliphatic heterocycles. The number of rotatable bonds is 6. The molecule has 3 heterocycles. The van der Waals surface area contributed by atoms with E-state index < -0.39 is 0 Å². The SMILES string of the molecule is c1ccc(-c2cc(-c3ccccc3)c3c(c2)c2ccc(N(c4ccccc4)c4ccc5oc6ccccc6c5c4)cc2n3-c2cccc3c2oc2ccccc23)cc1. The summed E-state index contributed by atoms with van der Waals surface area (Å²) in [6.07, 6.45) is 0. The van der Waals surface area contributed by atoms with Crippen molar-refractivity contribution in [1.29, 1.82) is 0 Å². The maximum Gasteiger partial charge on any atom is 0.159 e. The van der Waals surface area contributed by atoms with Gasteiger partial charge in [-0.2, -0.15) is 0 Å². The van der Waals surface area contributed by atoms with E-state index in [0.29, 0.717) is 0 Å². The number of nitrogens with zero attached hydrogens (tertiary/aromatic N) is 2. The third-order valence-electron chi connectivity index (χ3n) is 11.6. The van der Waals surface area contributed by atoms with Gasteiger partial charge in [0, 0.05) is 54.9 Å². The summed E-state index contributed by atoms with van der Waals surface area (Å²) in [6.45, 7) is 0. The number of anilines is 3. The van der Waals surface area contributed by atoms with Crippen molar-refractivity contribution in [3.05, 3.63) is 206 Å². The molecule has 0 fully saturated rings. The van der Waals surface area contributed by atoms with Crippen LogP contribution >= 0.6 is 0 Å². The molecule has 0 aliphatic carbocycles. The molecule has 0 saturated carbocycles. The zero-order valence-electron chi connectivity index (χ0n) is 31.3. The maximum absolute atomic E-state index is 6.79. The minimum Gasteiger partial charge on any atom is -0.456 e. The van der Waals surface area contributed by atoms with Gasteiger partial charge in [-0.15, -0.1) is 0 Å². The summed E-state index contributed by atoms with van der Waals surface area (Å²) in [7, 11) is 0. The highest BCUT2D eigenvalue weighted by Crippen LogP contribution is 2.46. The second-order valence-electron chi connectivity index (χ2n) is 14.9. The Morgan fingerprint density at radius 3 is 1.72 bits per heavy atom. The van der Waals surface area contributed by atoms with E-state index in [2.05, 4.69) is 198 Å². The van der Waals surface area contributed by atoms with Crippen LogP contribution in [0.1, 0.15) is 0 Å². The van der Waals surface area contributed by atoms with Crippen LogP contribution in [-0.2, 0) is 0 Å². The lowest BCUT2D eigenvalue weighted by atomic mass is 9.95. The quantitative estimate of drug-likeness (QED) is 0.170. The second kappa shape index (κ2) is 12.9. The van der Waals surface area contributed by atoms with Gasteiger partial charge in [0.15, 0.2) is 5.58 Å². The van der Waals surface area contributed by atoms with Gasteiger partial charge in [0.2, 0.25) is 0 Å². The molecule has 0 spiro atoms. The van der Waals surface area contributed by atoms with Crippen LogP contribution in [0.3, 0.4) is 0 Å². The molecular weight excluding hydrogens is 709 g/mol. The van der Waals surface area contributed by atoms with Crippen molar-refractivity contribution in [2.24, 2.45) is 0 Å². The van der Waals surface area contributed by atoms with Gasteiger partial charge in [-0.3, -0.25) is 0 Å². The molecule has 0 bridgehead atoms.